The van der Waals surface area contributed by atoms with Crippen LogP contribution in [0.1, 0.15) is 50.2 Å². The number of piperidine rings is 1. The van der Waals surface area contributed by atoms with Crippen LogP contribution in [-0.2, 0) is 16.0 Å². The van der Waals surface area contributed by atoms with Crippen molar-refractivity contribution in [2.45, 2.75) is 82.6 Å². The first kappa shape index (κ1) is 21.7. The van der Waals surface area contributed by atoms with Gasteiger partial charge in [-0.1, -0.05) is 25.1 Å². The van der Waals surface area contributed by atoms with Crippen molar-refractivity contribution in [2.75, 3.05) is 11.9 Å². The standard InChI is InChI=1S/C25H37N5O2/c1-13-4-3-5-16-11-20(28-21(13)16)25(32)30-23(15-6-7-15)22-14(2)10-17(12-27-22)24(31)29-19-9-8-18(19)26/h3-5,14-15,17-20,22-23,27-28H,6-12,26H2,1-2H3,(H,29,31)(H,30,32)/t14?,17?,18-,19?,20?,22?,23?/m1/s1. The maximum absolute atomic E-state index is 13.2. The van der Waals surface area contributed by atoms with Gasteiger partial charge in [0.25, 0.3) is 0 Å². The topological polar surface area (TPSA) is 108 Å². The Morgan fingerprint density at radius 1 is 1.16 bits per heavy atom. The molecule has 32 heavy (non-hydrogen) atoms. The Kier molecular flexibility index (Phi) is 5.88. The third-order valence-corrected chi connectivity index (χ3v) is 8.14. The molecule has 7 atom stereocenters. The summed E-state index contributed by atoms with van der Waals surface area (Å²) in [6, 6.07) is 6.60. The first-order valence-corrected chi connectivity index (χ1v) is 12.4. The normalized spacial score (nSPS) is 34.6. The van der Waals surface area contributed by atoms with Gasteiger partial charge >= 0.3 is 0 Å². The molecule has 2 amide bonds. The van der Waals surface area contributed by atoms with Crippen molar-refractivity contribution < 1.29 is 9.59 Å². The lowest BCUT2D eigenvalue weighted by Crippen LogP contribution is -2.62. The molecule has 4 aliphatic rings. The second-order valence-electron chi connectivity index (χ2n) is 10.6. The molecule has 2 aliphatic heterocycles. The molecule has 6 unspecified atom stereocenters. The van der Waals surface area contributed by atoms with Crippen molar-refractivity contribution in [3.8, 4) is 0 Å². The lowest BCUT2D eigenvalue weighted by atomic mass is 9.80. The number of anilines is 1. The molecule has 1 aromatic rings. The molecule has 1 aromatic carbocycles. The number of amides is 2. The van der Waals surface area contributed by atoms with Gasteiger partial charge < -0.3 is 27.0 Å². The number of para-hydroxylation sites is 1. The summed E-state index contributed by atoms with van der Waals surface area (Å²) in [7, 11) is 0. The second-order valence-corrected chi connectivity index (χ2v) is 10.6. The van der Waals surface area contributed by atoms with E-state index >= 15 is 0 Å². The van der Waals surface area contributed by atoms with Crippen LogP contribution in [0.15, 0.2) is 18.2 Å². The maximum Gasteiger partial charge on any atom is 0.243 e. The zero-order chi connectivity index (χ0) is 22.4. The number of aryl methyl sites for hydroxylation is 1. The molecule has 0 radical (unpaired) electrons. The van der Waals surface area contributed by atoms with E-state index in [2.05, 4.69) is 53.3 Å². The molecule has 0 aromatic heterocycles. The molecule has 2 aliphatic carbocycles. The summed E-state index contributed by atoms with van der Waals surface area (Å²) in [5.41, 5.74) is 9.51. The highest BCUT2D eigenvalue weighted by molar-refractivity contribution is 5.88. The molecule has 1 saturated heterocycles. The van der Waals surface area contributed by atoms with Gasteiger partial charge in [0, 0.05) is 42.8 Å². The molecule has 5 rings (SSSR count). The lowest BCUT2D eigenvalue weighted by Gasteiger charge is -2.41. The molecular weight excluding hydrogens is 402 g/mol. The van der Waals surface area contributed by atoms with E-state index < -0.39 is 0 Å². The molecule has 0 spiro atoms. The summed E-state index contributed by atoms with van der Waals surface area (Å²) in [4.78, 5) is 25.9. The van der Waals surface area contributed by atoms with Crippen LogP contribution in [0.4, 0.5) is 5.69 Å². The average molecular weight is 440 g/mol. The Morgan fingerprint density at radius 3 is 2.59 bits per heavy atom. The average Bonchev–Trinajstić information content (AvgIpc) is 3.52. The van der Waals surface area contributed by atoms with Crippen LogP contribution in [0.5, 0.6) is 0 Å². The quantitative estimate of drug-likeness (QED) is 0.461. The number of carbonyl (C=O) groups excluding carboxylic acids is 2. The fourth-order valence-corrected chi connectivity index (χ4v) is 5.77. The molecule has 7 nitrogen and oxygen atoms in total. The van der Waals surface area contributed by atoms with Crippen molar-refractivity contribution in [2.24, 2.45) is 23.5 Å². The number of benzene rings is 1. The van der Waals surface area contributed by atoms with Crippen molar-refractivity contribution >= 4 is 17.5 Å². The number of fused-ring (bicyclic) bond motifs is 1. The van der Waals surface area contributed by atoms with Gasteiger partial charge in [0.1, 0.15) is 6.04 Å². The summed E-state index contributed by atoms with van der Waals surface area (Å²) in [6.45, 7) is 4.95. The van der Waals surface area contributed by atoms with Crippen molar-refractivity contribution in [3.05, 3.63) is 29.3 Å². The summed E-state index contributed by atoms with van der Waals surface area (Å²) in [5, 5.41) is 13.6. The van der Waals surface area contributed by atoms with Gasteiger partial charge in [-0.25, -0.2) is 0 Å². The largest absolute Gasteiger partial charge is 0.373 e. The Balaban J connectivity index is 1.18. The Labute approximate surface area is 190 Å². The van der Waals surface area contributed by atoms with Crippen LogP contribution in [0, 0.1) is 24.7 Å². The van der Waals surface area contributed by atoms with E-state index in [1.54, 1.807) is 0 Å². The van der Waals surface area contributed by atoms with Gasteiger partial charge in [0.05, 0.1) is 5.92 Å². The van der Waals surface area contributed by atoms with E-state index in [9.17, 15) is 9.59 Å². The molecule has 3 fully saturated rings. The minimum atomic E-state index is -0.212. The van der Waals surface area contributed by atoms with Gasteiger partial charge in [-0.2, -0.15) is 0 Å². The minimum Gasteiger partial charge on any atom is -0.373 e. The van der Waals surface area contributed by atoms with Crippen molar-refractivity contribution in [1.82, 2.24) is 16.0 Å². The lowest BCUT2D eigenvalue weighted by molar-refractivity contribution is -0.128. The number of rotatable bonds is 6. The number of nitrogens with two attached hydrogens (primary N) is 1. The van der Waals surface area contributed by atoms with E-state index in [-0.39, 0.29) is 47.9 Å². The van der Waals surface area contributed by atoms with Gasteiger partial charge in [-0.15, -0.1) is 0 Å². The Morgan fingerprint density at radius 2 is 1.97 bits per heavy atom. The van der Waals surface area contributed by atoms with Crippen LogP contribution >= 0.6 is 0 Å². The number of hydrogen-bond acceptors (Lipinski definition) is 5. The minimum absolute atomic E-state index is 0.0291. The molecule has 2 saturated carbocycles. The number of nitrogens with one attached hydrogen (secondary N) is 4. The molecule has 6 N–H and O–H groups in total. The fraction of sp³-hybridized carbons (Fsp3) is 0.680. The zero-order valence-electron chi connectivity index (χ0n) is 19.2. The molecular formula is C25H37N5O2. The third kappa shape index (κ3) is 4.25. The maximum atomic E-state index is 13.2. The smallest absolute Gasteiger partial charge is 0.243 e. The first-order chi connectivity index (χ1) is 15.4. The van der Waals surface area contributed by atoms with Crippen LogP contribution in [0.2, 0.25) is 0 Å². The highest BCUT2D eigenvalue weighted by Gasteiger charge is 2.44. The fourth-order valence-electron chi connectivity index (χ4n) is 5.77. The summed E-state index contributed by atoms with van der Waals surface area (Å²) >= 11 is 0. The van der Waals surface area contributed by atoms with E-state index in [1.807, 2.05) is 0 Å². The first-order valence-electron chi connectivity index (χ1n) is 12.4. The van der Waals surface area contributed by atoms with Crippen LogP contribution < -0.4 is 27.0 Å². The van der Waals surface area contributed by atoms with E-state index in [0.717, 1.165) is 44.2 Å². The van der Waals surface area contributed by atoms with Crippen LogP contribution in [0.3, 0.4) is 0 Å². The van der Waals surface area contributed by atoms with Crippen LogP contribution in [-0.4, -0.2) is 48.6 Å². The second kappa shape index (κ2) is 8.67. The monoisotopic (exact) mass is 439 g/mol. The Hall–Kier alpha value is -2.12. The summed E-state index contributed by atoms with van der Waals surface area (Å²) in [6.07, 6.45) is 5.89. The molecule has 174 valence electrons. The zero-order valence-corrected chi connectivity index (χ0v) is 19.2. The van der Waals surface area contributed by atoms with E-state index in [4.69, 9.17) is 5.73 Å². The SMILES string of the molecule is Cc1cccc2c1NC(C(=O)NC(C1CC1)C1NCC(C(=O)NC3CC[C@H]3N)CC1C)C2. The highest BCUT2D eigenvalue weighted by atomic mass is 16.2. The molecule has 7 heteroatoms. The summed E-state index contributed by atoms with van der Waals surface area (Å²) in [5.74, 6) is 1.03. The van der Waals surface area contributed by atoms with Gasteiger partial charge in [0.15, 0.2) is 0 Å². The van der Waals surface area contributed by atoms with Crippen molar-refractivity contribution in [3.63, 3.8) is 0 Å². The van der Waals surface area contributed by atoms with Gasteiger partial charge in [-0.05, 0) is 62.0 Å². The molecule has 2 heterocycles. The predicted molar refractivity (Wildman–Crippen MR) is 125 cm³/mol. The predicted octanol–water partition coefficient (Wildman–Crippen LogP) is 1.45. The summed E-state index contributed by atoms with van der Waals surface area (Å²) < 4.78 is 0. The molecule has 0 bridgehead atoms. The van der Waals surface area contributed by atoms with Crippen molar-refractivity contribution in [1.29, 1.82) is 0 Å². The number of carbonyl (C=O) groups is 2. The highest BCUT2D eigenvalue weighted by Crippen LogP contribution is 2.38. The third-order valence-electron chi connectivity index (χ3n) is 8.14. The van der Waals surface area contributed by atoms with Gasteiger partial charge in [0.2, 0.25) is 11.8 Å². The number of hydrogen-bond donors (Lipinski definition) is 5. The van der Waals surface area contributed by atoms with E-state index in [0.29, 0.717) is 18.4 Å². The van der Waals surface area contributed by atoms with Gasteiger partial charge in [-0.3, -0.25) is 9.59 Å². The van der Waals surface area contributed by atoms with E-state index in [1.165, 1.54) is 11.1 Å². The Bertz CT molecular complexity index is 885. The van der Waals surface area contributed by atoms with Crippen LogP contribution in [0.25, 0.3) is 0 Å².